The second kappa shape index (κ2) is 4.80. The molecule has 6 heteroatoms. The van der Waals surface area contributed by atoms with Crippen LogP contribution in [0.25, 0.3) is 0 Å². The van der Waals surface area contributed by atoms with Crippen molar-refractivity contribution in [3.8, 4) is 11.5 Å². The van der Waals surface area contributed by atoms with Gasteiger partial charge in [-0.15, -0.1) is 0 Å². The topological polar surface area (TPSA) is 55.8 Å². The van der Waals surface area contributed by atoms with Crippen LogP contribution >= 0.6 is 0 Å². The van der Waals surface area contributed by atoms with Crippen LogP contribution < -0.4 is 9.47 Å². The average molecular weight is 258 g/mol. The highest BCUT2D eigenvalue weighted by Gasteiger charge is 2.26. The first-order valence-corrected chi connectivity index (χ1v) is 5.50. The molecule has 0 amide bonds. The highest BCUT2D eigenvalue weighted by atomic mass is 19.2. The minimum absolute atomic E-state index is 0.0837. The zero-order valence-corrected chi connectivity index (χ0v) is 9.70. The Bertz CT molecular complexity index is 487. The maximum Gasteiger partial charge on any atom is 0.306 e. The van der Waals surface area contributed by atoms with E-state index in [1.807, 2.05) is 0 Å². The summed E-state index contributed by atoms with van der Waals surface area (Å²) in [4.78, 5) is 10.8. The van der Waals surface area contributed by atoms with E-state index in [-0.39, 0.29) is 36.7 Å². The molecule has 0 fully saturated rings. The molecule has 2 rings (SSSR count). The normalized spacial score (nSPS) is 15.3. The van der Waals surface area contributed by atoms with Crippen LogP contribution in [-0.4, -0.2) is 24.3 Å². The van der Waals surface area contributed by atoms with Gasteiger partial charge in [0.2, 0.25) is 0 Å². The lowest BCUT2D eigenvalue weighted by Crippen LogP contribution is -2.20. The Morgan fingerprint density at radius 2 is 2.11 bits per heavy atom. The molecule has 0 spiro atoms. The van der Waals surface area contributed by atoms with E-state index in [1.54, 1.807) is 0 Å². The van der Waals surface area contributed by atoms with Crippen LogP contribution in [0.5, 0.6) is 11.5 Å². The first kappa shape index (κ1) is 12.6. The van der Waals surface area contributed by atoms with Gasteiger partial charge in [0, 0.05) is 11.6 Å². The summed E-state index contributed by atoms with van der Waals surface area (Å²) in [6.45, 7) is 1.90. The predicted octanol–water partition coefficient (Wildman–Crippen LogP) is 2.00. The number of hydrogen-bond acceptors (Lipinski definition) is 3. The van der Waals surface area contributed by atoms with Crippen molar-refractivity contribution in [3.05, 3.63) is 23.3 Å². The Balaban J connectivity index is 2.43. The summed E-state index contributed by atoms with van der Waals surface area (Å²) in [5.74, 6) is -3.83. The standard InChI is InChI=1S/C12H12F2O4/c1-6(12(15)16)4-7-10(14)8(13)5-9-11(7)18-3-2-17-9/h5-6H,2-4H2,1H3,(H,15,16). The average Bonchev–Trinajstić information content (AvgIpc) is 2.34. The van der Waals surface area contributed by atoms with Crippen molar-refractivity contribution in [2.24, 2.45) is 5.92 Å². The van der Waals surface area contributed by atoms with E-state index >= 15 is 0 Å². The number of rotatable bonds is 3. The number of aliphatic carboxylic acids is 1. The summed E-state index contributed by atoms with van der Waals surface area (Å²) in [5.41, 5.74) is -0.0837. The molecule has 0 aliphatic carbocycles. The van der Waals surface area contributed by atoms with Crippen LogP contribution in [0.1, 0.15) is 12.5 Å². The first-order valence-electron chi connectivity index (χ1n) is 5.50. The van der Waals surface area contributed by atoms with Crippen LogP contribution in [0, 0.1) is 17.6 Å². The van der Waals surface area contributed by atoms with Gasteiger partial charge in [0.05, 0.1) is 5.92 Å². The van der Waals surface area contributed by atoms with E-state index in [0.717, 1.165) is 6.07 Å². The van der Waals surface area contributed by atoms with Gasteiger partial charge in [-0.05, 0) is 6.42 Å². The Hall–Kier alpha value is -1.85. The van der Waals surface area contributed by atoms with Crippen LogP contribution in [-0.2, 0) is 11.2 Å². The van der Waals surface area contributed by atoms with Crippen LogP contribution in [0.4, 0.5) is 8.78 Å². The summed E-state index contributed by atoms with van der Waals surface area (Å²) in [6, 6.07) is 0.915. The van der Waals surface area contributed by atoms with Gasteiger partial charge in [-0.2, -0.15) is 0 Å². The molecule has 1 atom stereocenters. The van der Waals surface area contributed by atoms with Gasteiger partial charge in [0.25, 0.3) is 0 Å². The van der Waals surface area contributed by atoms with Crippen molar-refractivity contribution in [1.29, 1.82) is 0 Å². The van der Waals surface area contributed by atoms with Gasteiger partial charge in [0.1, 0.15) is 13.2 Å². The third-order valence-electron chi connectivity index (χ3n) is 2.75. The number of ether oxygens (including phenoxy) is 2. The fourth-order valence-corrected chi connectivity index (χ4v) is 1.77. The Morgan fingerprint density at radius 3 is 2.78 bits per heavy atom. The Morgan fingerprint density at radius 1 is 1.44 bits per heavy atom. The number of hydrogen-bond donors (Lipinski definition) is 1. The number of halogens is 2. The van der Waals surface area contributed by atoms with Crippen LogP contribution in [0.2, 0.25) is 0 Å². The number of carboxylic acid groups (broad SMARTS) is 1. The van der Waals surface area contributed by atoms with E-state index in [1.165, 1.54) is 6.92 Å². The highest BCUT2D eigenvalue weighted by Crippen LogP contribution is 2.38. The zero-order valence-electron chi connectivity index (χ0n) is 9.70. The molecule has 0 saturated heterocycles. The largest absolute Gasteiger partial charge is 0.486 e. The van der Waals surface area contributed by atoms with E-state index in [4.69, 9.17) is 14.6 Å². The van der Waals surface area contributed by atoms with Crippen molar-refractivity contribution in [1.82, 2.24) is 0 Å². The molecule has 1 N–H and O–H groups in total. The predicted molar refractivity (Wildman–Crippen MR) is 57.9 cm³/mol. The molecule has 0 radical (unpaired) electrons. The van der Waals surface area contributed by atoms with Gasteiger partial charge in [-0.3, -0.25) is 4.79 Å². The van der Waals surface area contributed by atoms with Gasteiger partial charge in [-0.25, -0.2) is 8.78 Å². The lowest BCUT2D eigenvalue weighted by molar-refractivity contribution is -0.141. The number of fused-ring (bicyclic) bond motifs is 1. The van der Waals surface area contributed by atoms with E-state index in [9.17, 15) is 13.6 Å². The minimum Gasteiger partial charge on any atom is -0.486 e. The SMILES string of the molecule is CC(Cc1c(F)c(F)cc2c1OCCO2)C(=O)O. The molecular formula is C12H12F2O4. The molecule has 98 valence electrons. The summed E-state index contributed by atoms with van der Waals surface area (Å²) in [7, 11) is 0. The lowest BCUT2D eigenvalue weighted by atomic mass is 9.99. The van der Waals surface area contributed by atoms with Crippen molar-refractivity contribution in [2.45, 2.75) is 13.3 Å². The fraction of sp³-hybridized carbons (Fsp3) is 0.417. The second-order valence-electron chi connectivity index (χ2n) is 4.12. The van der Waals surface area contributed by atoms with Crippen LogP contribution in [0.15, 0.2) is 6.07 Å². The molecule has 18 heavy (non-hydrogen) atoms. The number of carboxylic acids is 1. The Labute approximate surface area is 102 Å². The number of carbonyl (C=O) groups is 1. The van der Waals surface area contributed by atoms with Crippen molar-refractivity contribution < 1.29 is 28.2 Å². The molecule has 1 unspecified atom stereocenters. The van der Waals surface area contributed by atoms with Crippen LogP contribution in [0.3, 0.4) is 0 Å². The van der Waals surface area contributed by atoms with E-state index < -0.39 is 23.5 Å². The molecule has 0 bridgehead atoms. The molecule has 0 aromatic heterocycles. The van der Waals surface area contributed by atoms with Gasteiger partial charge in [-0.1, -0.05) is 6.92 Å². The molecule has 1 aliphatic rings. The fourth-order valence-electron chi connectivity index (χ4n) is 1.77. The monoisotopic (exact) mass is 258 g/mol. The zero-order chi connectivity index (χ0) is 13.3. The smallest absolute Gasteiger partial charge is 0.306 e. The summed E-state index contributed by atoms with van der Waals surface area (Å²) in [5, 5.41) is 8.82. The molecule has 1 aliphatic heterocycles. The summed E-state index contributed by atoms with van der Waals surface area (Å²) < 4.78 is 37.5. The van der Waals surface area contributed by atoms with Gasteiger partial charge < -0.3 is 14.6 Å². The van der Waals surface area contributed by atoms with E-state index in [2.05, 4.69) is 0 Å². The molecule has 1 aromatic rings. The van der Waals surface area contributed by atoms with Gasteiger partial charge in [0.15, 0.2) is 23.1 Å². The maximum absolute atomic E-state index is 13.7. The molecular weight excluding hydrogens is 246 g/mol. The Kier molecular flexibility index (Phi) is 3.36. The summed E-state index contributed by atoms with van der Waals surface area (Å²) in [6.07, 6.45) is -0.148. The minimum atomic E-state index is -1.08. The van der Waals surface area contributed by atoms with Crippen molar-refractivity contribution >= 4 is 5.97 Å². The molecule has 1 heterocycles. The molecule has 0 saturated carbocycles. The van der Waals surface area contributed by atoms with Gasteiger partial charge >= 0.3 is 5.97 Å². The van der Waals surface area contributed by atoms with E-state index in [0.29, 0.717) is 0 Å². The number of benzene rings is 1. The second-order valence-corrected chi connectivity index (χ2v) is 4.12. The quantitative estimate of drug-likeness (QED) is 0.900. The summed E-state index contributed by atoms with van der Waals surface area (Å²) >= 11 is 0. The third-order valence-corrected chi connectivity index (χ3v) is 2.75. The van der Waals surface area contributed by atoms with Crippen molar-refractivity contribution in [2.75, 3.05) is 13.2 Å². The maximum atomic E-state index is 13.7. The lowest BCUT2D eigenvalue weighted by Gasteiger charge is -2.22. The first-order chi connectivity index (χ1) is 8.50. The highest BCUT2D eigenvalue weighted by molar-refractivity contribution is 5.70. The third kappa shape index (κ3) is 2.23. The molecule has 4 nitrogen and oxygen atoms in total. The molecule has 1 aromatic carbocycles. The van der Waals surface area contributed by atoms with Crippen molar-refractivity contribution in [3.63, 3.8) is 0 Å².